The third-order valence-corrected chi connectivity index (χ3v) is 5.17. The molecular formula is C20H22ClNO2. The lowest BCUT2D eigenvalue weighted by Gasteiger charge is -2.20. The van der Waals surface area contributed by atoms with Crippen LogP contribution in [-0.4, -0.2) is 24.2 Å². The van der Waals surface area contributed by atoms with E-state index < -0.39 is 0 Å². The molecule has 0 heterocycles. The molecule has 2 N–H and O–H groups in total. The van der Waals surface area contributed by atoms with Crippen LogP contribution in [0.25, 0.3) is 0 Å². The molecule has 4 heteroatoms. The summed E-state index contributed by atoms with van der Waals surface area (Å²) in [5, 5.41) is 13.0. The van der Waals surface area contributed by atoms with Gasteiger partial charge in [0.25, 0.3) is 0 Å². The molecule has 1 amide bonds. The molecule has 2 aromatic rings. The number of carbonyl (C=O) groups is 1. The maximum atomic E-state index is 12.5. The van der Waals surface area contributed by atoms with E-state index in [9.17, 15) is 9.90 Å². The smallest absolute Gasteiger partial charge is 0.220 e. The molecule has 0 aromatic heterocycles. The minimum Gasteiger partial charge on any atom is -0.396 e. The molecule has 0 unspecified atom stereocenters. The van der Waals surface area contributed by atoms with Crippen molar-refractivity contribution in [2.24, 2.45) is 5.41 Å². The van der Waals surface area contributed by atoms with Gasteiger partial charge in [-0.05, 0) is 30.0 Å². The quantitative estimate of drug-likeness (QED) is 0.804. The Labute approximate surface area is 147 Å². The van der Waals surface area contributed by atoms with Crippen molar-refractivity contribution < 1.29 is 9.90 Å². The summed E-state index contributed by atoms with van der Waals surface area (Å²) in [6, 6.07) is 17.6. The number of rotatable bonds is 7. The van der Waals surface area contributed by atoms with Crippen LogP contribution in [0.4, 0.5) is 0 Å². The fourth-order valence-electron chi connectivity index (χ4n) is 2.96. The first-order valence-corrected chi connectivity index (χ1v) is 8.68. The molecule has 1 atom stereocenters. The maximum absolute atomic E-state index is 12.5. The van der Waals surface area contributed by atoms with Gasteiger partial charge < -0.3 is 10.4 Å². The standard InChI is InChI=1S/C20H22ClNO2/c21-18-9-5-4-8-16(18)17(15-6-2-1-3-7-15)12-19(24)22-13-20(14-23)10-11-20/h1-9,17,23H,10-14H2,(H,22,24)/t17-/m1/s1. The highest BCUT2D eigenvalue weighted by atomic mass is 35.5. The van der Waals surface area contributed by atoms with Gasteiger partial charge in [-0.25, -0.2) is 0 Å². The van der Waals surface area contributed by atoms with E-state index in [1.807, 2.05) is 54.6 Å². The fourth-order valence-corrected chi connectivity index (χ4v) is 3.23. The van der Waals surface area contributed by atoms with Crippen LogP contribution in [0.1, 0.15) is 36.3 Å². The third kappa shape index (κ3) is 3.97. The molecule has 3 nitrogen and oxygen atoms in total. The average molecular weight is 344 g/mol. The Morgan fingerprint density at radius 3 is 2.42 bits per heavy atom. The number of benzene rings is 2. The molecule has 24 heavy (non-hydrogen) atoms. The molecule has 1 fully saturated rings. The Morgan fingerprint density at radius 2 is 1.79 bits per heavy atom. The second-order valence-corrected chi connectivity index (χ2v) is 7.03. The Bertz CT molecular complexity index is 698. The van der Waals surface area contributed by atoms with Crippen LogP contribution in [0.5, 0.6) is 0 Å². The number of aliphatic hydroxyl groups is 1. The summed E-state index contributed by atoms with van der Waals surface area (Å²) < 4.78 is 0. The molecule has 0 saturated heterocycles. The predicted molar refractivity (Wildman–Crippen MR) is 96.1 cm³/mol. The first kappa shape index (κ1) is 17.0. The Morgan fingerprint density at radius 1 is 1.12 bits per heavy atom. The summed E-state index contributed by atoms with van der Waals surface area (Å²) >= 11 is 6.37. The van der Waals surface area contributed by atoms with Crippen LogP contribution in [0.15, 0.2) is 54.6 Å². The molecular weight excluding hydrogens is 322 g/mol. The first-order valence-electron chi connectivity index (χ1n) is 8.30. The van der Waals surface area contributed by atoms with Crippen molar-refractivity contribution >= 4 is 17.5 Å². The lowest BCUT2D eigenvalue weighted by atomic mass is 9.88. The second kappa shape index (κ2) is 7.37. The monoisotopic (exact) mass is 343 g/mol. The zero-order valence-corrected chi connectivity index (χ0v) is 14.3. The van der Waals surface area contributed by atoms with Crippen LogP contribution in [-0.2, 0) is 4.79 Å². The minimum atomic E-state index is -0.0811. The van der Waals surface area contributed by atoms with Crippen molar-refractivity contribution in [2.45, 2.75) is 25.2 Å². The molecule has 126 valence electrons. The summed E-state index contributed by atoms with van der Waals surface area (Å²) in [4.78, 5) is 12.5. The highest BCUT2D eigenvalue weighted by molar-refractivity contribution is 6.31. The third-order valence-electron chi connectivity index (χ3n) is 4.83. The highest BCUT2D eigenvalue weighted by Crippen LogP contribution is 2.44. The van der Waals surface area contributed by atoms with Gasteiger partial charge >= 0.3 is 0 Å². The van der Waals surface area contributed by atoms with Gasteiger partial charge in [-0.1, -0.05) is 60.1 Å². The van der Waals surface area contributed by atoms with Gasteiger partial charge in [0.2, 0.25) is 5.91 Å². The van der Waals surface area contributed by atoms with Crippen molar-refractivity contribution in [2.75, 3.05) is 13.2 Å². The largest absolute Gasteiger partial charge is 0.396 e. The van der Waals surface area contributed by atoms with Crippen molar-refractivity contribution in [3.63, 3.8) is 0 Å². The topological polar surface area (TPSA) is 49.3 Å². The number of hydrogen-bond donors (Lipinski definition) is 2. The Kier molecular flexibility index (Phi) is 5.22. The zero-order chi connectivity index (χ0) is 17.0. The highest BCUT2D eigenvalue weighted by Gasteiger charge is 2.42. The number of carbonyl (C=O) groups excluding carboxylic acids is 1. The Hall–Kier alpha value is -1.84. The molecule has 2 aromatic carbocycles. The molecule has 1 aliphatic rings. The van der Waals surface area contributed by atoms with Crippen molar-refractivity contribution in [1.29, 1.82) is 0 Å². The van der Waals surface area contributed by atoms with Gasteiger partial charge in [0.15, 0.2) is 0 Å². The zero-order valence-electron chi connectivity index (χ0n) is 13.5. The summed E-state index contributed by atoms with van der Waals surface area (Å²) in [6.07, 6.45) is 2.31. The number of aliphatic hydroxyl groups excluding tert-OH is 1. The summed E-state index contributed by atoms with van der Waals surface area (Å²) in [5.74, 6) is -0.0901. The van der Waals surface area contributed by atoms with E-state index in [4.69, 9.17) is 11.6 Å². The summed E-state index contributed by atoms with van der Waals surface area (Å²) in [6.45, 7) is 0.687. The normalized spacial score (nSPS) is 16.4. The molecule has 0 aliphatic heterocycles. The lowest BCUT2D eigenvalue weighted by molar-refractivity contribution is -0.121. The van der Waals surface area contributed by atoms with Crippen LogP contribution in [0.2, 0.25) is 5.02 Å². The summed E-state index contributed by atoms with van der Waals surface area (Å²) in [7, 11) is 0. The maximum Gasteiger partial charge on any atom is 0.220 e. The van der Waals surface area contributed by atoms with Crippen LogP contribution in [0, 0.1) is 5.41 Å². The van der Waals surface area contributed by atoms with E-state index >= 15 is 0 Å². The van der Waals surface area contributed by atoms with Crippen LogP contribution < -0.4 is 5.32 Å². The molecule has 1 saturated carbocycles. The number of amides is 1. The van der Waals surface area contributed by atoms with Gasteiger partial charge in [-0.15, -0.1) is 0 Å². The fraction of sp³-hybridized carbons (Fsp3) is 0.350. The second-order valence-electron chi connectivity index (χ2n) is 6.62. The average Bonchev–Trinajstić information content (AvgIpc) is 3.40. The van der Waals surface area contributed by atoms with Crippen LogP contribution >= 0.6 is 11.6 Å². The van der Waals surface area contributed by atoms with Crippen molar-refractivity contribution in [1.82, 2.24) is 5.32 Å². The lowest BCUT2D eigenvalue weighted by Crippen LogP contribution is -2.32. The summed E-state index contributed by atoms with van der Waals surface area (Å²) in [5.41, 5.74) is 1.95. The van der Waals surface area contributed by atoms with E-state index in [2.05, 4.69) is 5.32 Å². The number of halogens is 1. The van der Waals surface area contributed by atoms with E-state index in [0.717, 1.165) is 24.0 Å². The van der Waals surface area contributed by atoms with E-state index in [0.29, 0.717) is 18.0 Å². The first-order chi connectivity index (χ1) is 11.6. The van der Waals surface area contributed by atoms with Gasteiger partial charge in [0.05, 0.1) is 6.61 Å². The molecule has 0 spiro atoms. The van der Waals surface area contributed by atoms with E-state index in [1.165, 1.54) is 0 Å². The van der Waals surface area contributed by atoms with Gasteiger partial charge in [0, 0.05) is 29.3 Å². The Balaban J connectivity index is 1.75. The molecule has 0 bridgehead atoms. The van der Waals surface area contributed by atoms with Gasteiger partial charge in [-0.2, -0.15) is 0 Å². The van der Waals surface area contributed by atoms with Crippen molar-refractivity contribution in [3.8, 4) is 0 Å². The van der Waals surface area contributed by atoms with Gasteiger partial charge in [0.1, 0.15) is 0 Å². The molecule has 1 aliphatic carbocycles. The molecule has 0 radical (unpaired) electrons. The SMILES string of the molecule is O=C(C[C@H](c1ccccc1)c1ccccc1Cl)NCC1(CO)CC1. The minimum absolute atomic E-state index is 0.0107. The number of hydrogen-bond acceptors (Lipinski definition) is 2. The van der Waals surface area contributed by atoms with Gasteiger partial charge in [-0.3, -0.25) is 4.79 Å². The number of nitrogens with one attached hydrogen (secondary N) is 1. The van der Waals surface area contributed by atoms with E-state index in [-0.39, 0.29) is 23.8 Å². The van der Waals surface area contributed by atoms with E-state index in [1.54, 1.807) is 0 Å². The molecule has 3 rings (SSSR count). The van der Waals surface area contributed by atoms with Crippen molar-refractivity contribution in [3.05, 3.63) is 70.7 Å². The van der Waals surface area contributed by atoms with Crippen LogP contribution in [0.3, 0.4) is 0 Å². The predicted octanol–water partition coefficient (Wildman–Crippen LogP) is 3.75.